The van der Waals surface area contributed by atoms with E-state index in [9.17, 15) is 0 Å². The van der Waals surface area contributed by atoms with Crippen LogP contribution in [0.2, 0.25) is 0 Å². The lowest BCUT2D eigenvalue weighted by molar-refractivity contribution is 0.260. The molecular formula is C12H11N3O2. The molecule has 0 amide bonds. The predicted octanol–water partition coefficient (Wildman–Crippen LogP) is 2.02. The third-order valence-corrected chi connectivity index (χ3v) is 2.14. The fourth-order valence-corrected chi connectivity index (χ4v) is 1.34. The van der Waals surface area contributed by atoms with Crippen molar-refractivity contribution in [3.8, 4) is 11.8 Å². The van der Waals surface area contributed by atoms with Gasteiger partial charge in [0.05, 0.1) is 12.5 Å². The van der Waals surface area contributed by atoms with Crippen molar-refractivity contribution in [1.29, 1.82) is 5.26 Å². The molecule has 5 heteroatoms. The van der Waals surface area contributed by atoms with Crippen LogP contribution in [-0.2, 0) is 13.0 Å². The Morgan fingerprint density at radius 3 is 2.65 bits per heavy atom. The zero-order valence-electron chi connectivity index (χ0n) is 9.38. The molecule has 1 aromatic heterocycles. The second-order valence-corrected chi connectivity index (χ2v) is 3.48. The van der Waals surface area contributed by atoms with Crippen LogP contribution in [0.25, 0.3) is 0 Å². The summed E-state index contributed by atoms with van der Waals surface area (Å²) < 4.78 is 10.6. The summed E-state index contributed by atoms with van der Waals surface area (Å²) in [6.45, 7) is 1.98. The maximum atomic E-state index is 8.53. The molecule has 2 rings (SSSR count). The predicted molar refractivity (Wildman–Crippen MR) is 59.1 cm³/mol. The van der Waals surface area contributed by atoms with Gasteiger partial charge < -0.3 is 9.15 Å². The molecule has 17 heavy (non-hydrogen) atoms. The van der Waals surface area contributed by atoms with Gasteiger partial charge in [-0.1, -0.05) is 12.1 Å². The van der Waals surface area contributed by atoms with Crippen molar-refractivity contribution in [3.63, 3.8) is 0 Å². The summed E-state index contributed by atoms with van der Waals surface area (Å²) >= 11 is 0. The highest BCUT2D eigenvalue weighted by Gasteiger charge is 2.03. The maximum Gasteiger partial charge on any atom is 0.253 e. The molecule has 0 saturated carbocycles. The number of aryl methyl sites for hydroxylation is 1. The van der Waals surface area contributed by atoms with Crippen molar-refractivity contribution >= 4 is 0 Å². The lowest BCUT2D eigenvalue weighted by Gasteiger charge is -2.03. The Morgan fingerprint density at radius 1 is 1.29 bits per heavy atom. The van der Waals surface area contributed by atoms with Gasteiger partial charge in [0.2, 0.25) is 5.89 Å². The second kappa shape index (κ2) is 5.12. The van der Waals surface area contributed by atoms with Crippen molar-refractivity contribution in [2.24, 2.45) is 0 Å². The number of ether oxygens (including phenoxy) is 1. The summed E-state index contributed by atoms with van der Waals surface area (Å²) in [5.74, 6) is 1.68. The minimum absolute atomic E-state index is 0.248. The van der Waals surface area contributed by atoms with E-state index in [0.717, 1.165) is 5.56 Å². The average molecular weight is 229 g/mol. The molecule has 0 spiro atoms. The Morgan fingerprint density at radius 2 is 2.06 bits per heavy atom. The highest BCUT2D eigenvalue weighted by molar-refractivity contribution is 5.28. The number of hydrogen-bond acceptors (Lipinski definition) is 5. The summed E-state index contributed by atoms with van der Waals surface area (Å²) in [6.07, 6.45) is 0.406. The van der Waals surface area contributed by atoms with Crippen LogP contribution in [0.5, 0.6) is 5.75 Å². The van der Waals surface area contributed by atoms with Crippen LogP contribution >= 0.6 is 0 Å². The molecule has 0 fully saturated rings. The molecule has 0 aliphatic carbocycles. The van der Waals surface area contributed by atoms with Gasteiger partial charge in [0.1, 0.15) is 5.75 Å². The zero-order valence-corrected chi connectivity index (χ0v) is 9.38. The normalized spacial score (nSPS) is 9.88. The van der Waals surface area contributed by atoms with E-state index in [1.54, 1.807) is 6.92 Å². The Bertz CT molecular complexity index is 525. The monoisotopic (exact) mass is 229 g/mol. The van der Waals surface area contributed by atoms with E-state index in [1.165, 1.54) is 0 Å². The molecule has 1 heterocycles. The number of aromatic nitrogens is 2. The van der Waals surface area contributed by atoms with Gasteiger partial charge in [0.25, 0.3) is 5.89 Å². The highest BCUT2D eigenvalue weighted by Crippen LogP contribution is 2.14. The lowest BCUT2D eigenvalue weighted by Crippen LogP contribution is -1.95. The average Bonchev–Trinajstić information content (AvgIpc) is 2.75. The second-order valence-electron chi connectivity index (χ2n) is 3.48. The van der Waals surface area contributed by atoms with Gasteiger partial charge in [-0.15, -0.1) is 10.2 Å². The molecule has 1 aromatic carbocycles. The van der Waals surface area contributed by atoms with Gasteiger partial charge in [0.15, 0.2) is 6.61 Å². The number of nitrogens with zero attached hydrogens (tertiary/aromatic N) is 3. The van der Waals surface area contributed by atoms with Crippen molar-refractivity contribution in [2.75, 3.05) is 0 Å². The van der Waals surface area contributed by atoms with Crippen molar-refractivity contribution in [1.82, 2.24) is 10.2 Å². The molecule has 0 radical (unpaired) electrons. The summed E-state index contributed by atoms with van der Waals surface area (Å²) in [5.41, 5.74) is 0.966. The van der Waals surface area contributed by atoms with E-state index in [1.807, 2.05) is 24.3 Å². The summed E-state index contributed by atoms with van der Waals surface area (Å²) in [7, 11) is 0. The maximum absolute atomic E-state index is 8.53. The van der Waals surface area contributed by atoms with Crippen molar-refractivity contribution in [3.05, 3.63) is 41.6 Å². The molecule has 86 valence electrons. The van der Waals surface area contributed by atoms with E-state index >= 15 is 0 Å². The minimum atomic E-state index is 0.248. The molecular weight excluding hydrogens is 218 g/mol. The van der Waals surface area contributed by atoms with Gasteiger partial charge in [-0.05, 0) is 17.7 Å². The van der Waals surface area contributed by atoms with Gasteiger partial charge in [-0.3, -0.25) is 0 Å². The first kappa shape index (κ1) is 11.1. The SMILES string of the molecule is Cc1nnc(COc2ccc(CC#N)cc2)o1. The fourth-order valence-electron chi connectivity index (χ4n) is 1.34. The van der Waals surface area contributed by atoms with E-state index in [-0.39, 0.29) is 6.61 Å². The molecule has 0 aliphatic heterocycles. The fraction of sp³-hybridized carbons (Fsp3) is 0.250. The third kappa shape index (κ3) is 3.05. The Kier molecular flexibility index (Phi) is 3.36. The first-order chi connectivity index (χ1) is 8.28. The molecule has 2 aromatic rings. The standard InChI is InChI=1S/C12H11N3O2/c1-9-14-15-12(17-9)8-16-11-4-2-10(3-5-11)6-7-13/h2-5H,6,8H2,1H3. The summed E-state index contributed by atoms with van der Waals surface area (Å²) in [6, 6.07) is 9.44. The zero-order chi connectivity index (χ0) is 12.1. The van der Waals surface area contributed by atoms with E-state index in [0.29, 0.717) is 24.0 Å². The van der Waals surface area contributed by atoms with Gasteiger partial charge in [0, 0.05) is 6.92 Å². The number of benzene rings is 1. The Balaban J connectivity index is 1.93. The molecule has 0 bridgehead atoms. The van der Waals surface area contributed by atoms with Gasteiger partial charge in [-0.25, -0.2) is 0 Å². The Hall–Kier alpha value is -2.35. The molecule has 0 aliphatic rings. The van der Waals surface area contributed by atoms with E-state index in [2.05, 4.69) is 16.3 Å². The molecule has 0 unspecified atom stereocenters. The van der Waals surface area contributed by atoms with Gasteiger partial charge in [-0.2, -0.15) is 5.26 Å². The van der Waals surface area contributed by atoms with Crippen LogP contribution < -0.4 is 4.74 Å². The number of rotatable bonds is 4. The first-order valence-corrected chi connectivity index (χ1v) is 5.15. The van der Waals surface area contributed by atoms with Crippen molar-refractivity contribution in [2.45, 2.75) is 20.0 Å². The molecule has 5 nitrogen and oxygen atoms in total. The summed E-state index contributed by atoms with van der Waals surface area (Å²) in [5, 5.41) is 16.1. The first-order valence-electron chi connectivity index (χ1n) is 5.15. The number of nitriles is 1. The van der Waals surface area contributed by atoms with Crippen LogP contribution in [0.1, 0.15) is 17.3 Å². The summed E-state index contributed by atoms with van der Waals surface area (Å²) in [4.78, 5) is 0. The molecule has 0 N–H and O–H groups in total. The van der Waals surface area contributed by atoms with Gasteiger partial charge >= 0.3 is 0 Å². The lowest BCUT2D eigenvalue weighted by atomic mass is 10.2. The highest BCUT2D eigenvalue weighted by atomic mass is 16.5. The van der Waals surface area contributed by atoms with E-state index < -0.39 is 0 Å². The van der Waals surface area contributed by atoms with Crippen LogP contribution in [0.4, 0.5) is 0 Å². The minimum Gasteiger partial charge on any atom is -0.484 e. The number of hydrogen-bond donors (Lipinski definition) is 0. The third-order valence-electron chi connectivity index (χ3n) is 2.14. The van der Waals surface area contributed by atoms with Crippen molar-refractivity contribution < 1.29 is 9.15 Å². The van der Waals surface area contributed by atoms with Crippen LogP contribution in [0.3, 0.4) is 0 Å². The Labute approximate surface area is 98.7 Å². The van der Waals surface area contributed by atoms with E-state index in [4.69, 9.17) is 14.4 Å². The van der Waals surface area contributed by atoms with Crippen LogP contribution in [-0.4, -0.2) is 10.2 Å². The van der Waals surface area contributed by atoms with Crippen LogP contribution in [0, 0.1) is 18.3 Å². The topological polar surface area (TPSA) is 71.9 Å². The largest absolute Gasteiger partial charge is 0.484 e. The molecule has 0 saturated heterocycles. The molecule has 0 atom stereocenters. The smallest absolute Gasteiger partial charge is 0.253 e. The van der Waals surface area contributed by atoms with Crippen LogP contribution in [0.15, 0.2) is 28.7 Å². The quantitative estimate of drug-likeness (QED) is 0.802.